The van der Waals surface area contributed by atoms with Crippen molar-refractivity contribution in [3.8, 4) is 0 Å². The number of amides is 1. The summed E-state index contributed by atoms with van der Waals surface area (Å²) in [4.78, 5) is 11.9. The Labute approximate surface area is 135 Å². The van der Waals surface area contributed by atoms with Crippen molar-refractivity contribution in [2.75, 3.05) is 6.54 Å². The van der Waals surface area contributed by atoms with E-state index in [1.807, 2.05) is 29.6 Å². The zero-order valence-corrected chi connectivity index (χ0v) is 12.7. The van der Waals surface area contributed by atoms with E-state index >= 15 is 0 Å². The van der Waals surface area contributed by atoms with E-state index in [1.54, 1.807) is 0 Å². The zero-order chi connectivity index (χ0) is 16.4. The number of benzene rings is 2. The van der Waals surface area contributed by atoms with Crippen LogP contribution in [0.5, 0.6) is 0 Å². The van der Waals surface area contributed by atoms with Crippen LogP contribution < -0.4 is 5.32 Å². The zero-order valence-electron chi connectivity index (χ0n) is 11.9. The van der Waals surface area contributed by atoms with Crippen molar-refractivity contribution in [3.63, 3.8) is 0 Å². The Balaban J connectivity index is 1.70. The number of fused-ring (bicyclic) bond motifs is 1. The molecule has 118 valence electrons. The van der Waals surface area contributed by atoms with Crippen LogP contribution in [0.15, 0.2) is 47.8 Å². The molecule has 0 saturated carbocycles. The molecule has 1 atom stereocenters. The topological polar surface area (TPSA) is 49.3 Å². The third-order valence-electron chi connectivity index (χ3n) is 3.51. The summed E-state index contributed by atoms with van der Waals surface area (Å²) in [6.07, 6.45) is -0.875. The molecule has 23 heavy (non-hydrogen) atoms. The van der Waals surface area contributed by atoms with Gasteiger partial charge in [-0.05, 0) is 35.0 Å². The molecule has 0 aliphatic heterocycles. The predicted molar refractivity (Wildman–Crippen MR) is 85.5 cm³/mol. The summed E-state index contributed by atoms with van der Waals surface area (Å²) in [6.45, 7) is -0.0153. The molecule has 1 heterocycles. The Kier molecular flexibility index (Phi) is 4.36. The number of thiophene rings is 1. The van der Waals surface area contributed by atoms with Crippen molar-refractivity contribution in [2.45, 2.75) is 6.10 Å². The van der Waals surface area contributed by atoms with Crippen LogP contribution in [0.2, 0.25) is 0 Å². The van der Waals surface area contributed by atoms with Crippen LogP contribution in [0.3, 0.4) is 0 Å². The van der Waals surface area contributed by atoms with Gasteiger partial charge >= 0.3 is 0 Å². The molecule has 0 aliphatic carbocycles. The van der Waals surface area contributed by atoms with E-state index in [-0.39, 0.29) is 12.1 Å². The minimum Gasteiger partial charge on any atom is -0.387 e. The van der Waals surface area contributed by atoms with Crippen molar-refractivity contribution in [1.29, 1.82) is 0 Å². The van der Waals surface area contributed by atoms with Gasteiger partial charge in [0.1, 0.15) is 0 Å². The Morgan fingerprint density at radius 2 is 1.96 bits per heavy atom. The van der Waals surface area contributed by atoms with Gasteiger partial charge in [0.25, 0.3) is 5.91 Å². The van der Waals surface area contributed by atoms with Crippen molar-refractivity contribution >= 4 is 27.3 Å². The standard InChI is InChI=1S/C17H13F2NO2S/c18-13-6-5-10(7-14(13)19)17(22)20-8-15(21)12-9-23-16-4-2-1-3-11(12)16/h1-7,9,15,21H,8H2,(H,20,22)/t15-/m1/s1. The highest BCUT2D eigenvalue weighted by Crippen LogP contribution is 2.29. The average molecular weight is 333 g/mol. The van der Waals surface area contributed by atoms with E-state index in [2.05, 4.69) is 5.32 Å². The highest BCUT2D eigenvalue weighted by Gasteiger charge is 2.15. The van der Waals surface area contributed by atoms with Crippen molar-refractivity contribution in [2.24, 2.45) is 0 Å². The van der Waals surface area contributed by atoms with Gasteiger partial charge in [-0.2, -0.15) is 0 Å². The van der Waals surface area contributed by atoms with E-state index in [0.29, 0.717) is 0 Å². The molecule has 0 unspecified atom stereocenters. The lowest BCUT2D eigenvalue weighted by Gasteiger charge is -2.11. The highest BCUT2D eigenvalue weighted by molar-refractivity contribution is 7.17. The van der Waals surface area contributed by atoms with Crippen LogP contribution >= 0.6 is 11.3 Å². The third kappa shape index (κ3) is 3.23. The van der Waals surface area contributed by atoms with Gasteiger partial charge in [-0.1, -0.05) is 18.2 Å². The molecule has 2 N–H and O–H groups in total. The second-order valence-corrected chi connectivity index (χ2v) is 5.95. The van der Waals surface area contributed by atoms with E-state index in [9.17, 15) is 18.7 Å². The molecule has 2 aromatic carbocycles. The van der Waals surface area contributed by atoms with Crippen LogP contribution in [0.25, 0.3) is 10.1 Å². The van der Waals surface area contributed by atoms with E-state index in [0.717, 1.165) is 27.8 Å². The fraction of sp³-hybridized carbons (Fsp3) is 0.118. The summed E-state index contributed by atoms with van der Waals surface area (Å²) in [6, 6.07) is 10.6. The van der Waals surface area contributed by atoms with Crippen molar-refractivity contribution < 1.29 is 18.7 Å². The normalized spacial score (nSPS) is 12.3. The number of rotatable bonds is 4. The minimum atomic E-state index is -1.08. The molecule has 0 bridgehead atoms. The van der Waals surface area contributed by atoms with Gasteiger partial charge in [-0.15, -0.1) is 11.3 Å². The first-order valence-corrected chi connectivity index (χ1v) is 7.81. The molecule has 3 rings (SSSR count). The molecule has 0 aliphatic rings. The first-order valence-electron chi connectivity index (χ1n) is 6.93. The summed E-state index contributed by atoms with van der Waals surface area (Å²) in [7, 11) is 0. The maximum atomic E-state index is 13.1. The van der Waals surface area contributed by atoms with Gasteiger partial charge in [0.2, 0.25) is 0 Å². The molecule has 0 spiro atoms. The van der Waals surface area contributed by atoms with E-state index in [1.165, 1.54) is 17.4 Å². The van der Waals surface area contributed by atoms with E-state index in [4.69, 9.17) is 0 Å². The molecule has 1 amide bonds. The van der Waals surface area contributed by atoms with E-state index < -0.39 is 23.6 Å². The second kappa shape index (κ2) is 6.44. The van der Waals surface area contributed by atoms with Crippen LogP contribution in [0.4, 0.5) is 8.78 Å². The van der Waals surface area contributed by atoms with Crippen molar-refractivity contribution in [1.82, 2.24) is 5.32 Å². The first kappa shape index (κ1) is 15.6. The number of nitrogens with one attached hydrogen (secondary N) is 1. The summed E-state index contributed by atoms with van der Waals surface area (Å²) in [5.41, 5.74) is 0.738. The summed E-state index contributed by atoms with van der Waals surface area (Å²) in [5.74, 6) is -2.66. The van der Waals surface area contributed by atoms with Crippen LogP contribution in [0, 0.1) is 11.6 Å². The summed E-state index contributed by atoms with van der Waals surface area (Å²) in [5, 5.41) is 15.6. The number of carbonyl (C=O) groups is 1. The summed E-state index contributed by atoms with van der Waals surface area (Å²) < 4.78 is 27.0. The Morgan fingerprint density at radius 1 is 1.17 bits per heavy atom. The Bertz CT molecular complexity index is 863. The second-order valence-electron chi connectivity index (χ2n) is 5.04. The number of halogens is 2. The molecular formula is C17H13F2NO2S. The number of hydrogen-bond acceptors (Lipinski definition) is 3. The SMILES string of the molecule is O=C(NC[C@@H](O)c1csc2ccccc12)c1ccc(F)c(F)c1. The average Bonchev–Trinajstić information content (AvgIpc) is 2.99. The predicted octanol–water partition coefficient (Wildman–Crippen LogP) is 3.64. The van der Waals surface area contributed by atoms with Gasteiger partial charge < -0.3 is 10.4 Å². The van der Waals surface area contributed by atoms with Crippen LogP contribution in [-0.2, 0) is 0 Å². The maximum absolute atomic E-state index is 13.1. The molecule has 3 nitrogen and oxygen atoms in total. The molecule has 0 fully saturated rings. The van der Waals surface area contributed by atoms with Crippen LogP contribution in [-0.4, -0.2) is 17.6 Å². The Morgan fingerprint density at radius 3 is 2.74 bits per heavy atom. The lowest BCUT2D eigenvalue weighted by atomic mass is 10.1. The molecule has 0 radical (unpaired) electrons. The lowest BCUT2D eigenvalue weighted by molar-refractivity contribution is 0.0916. The number of carbonyl (C=O) groups excluding carboxylic acids is 1. The molecule has 6 heteroatoms. The number of aliphatic hydroxyl groups excluding tert-OH is 1. The van der Waals surface area contributed by atoms with Gasteiger partial charge in [0.15, 0.2) is 11.6 Å². The van der Waals surface area contributed by atoms with Gasteiger partial charge in [-0.25, -0.2) is 8.78 Å². The maximum Gasteiger partial charge on any atom is 0.251 e. The smallest absolute Gasteiger partial charge is 0.251 e. The number of hydrogen-bond donors (Lipinski definition) is 2. The lowest BCUT2D eigenvalue weighted by Crippen LogP contribution is -2.28. The third-order valence-corrected chi connectivity index (χ3v) is 4.49. The molecule has 0 saturated heterocycles. The van der Waals surface area contributed by atoms with Gasteiger partial charge in [0.05, 0.1) is 6.10 Å². The van der Waals surface area contributed by atoms with Gasteiger partial charge in [-0.3, -0.25) is 4.79 Å². The number of aliphatic hydroxyl groups is 1. The largest absolute Gasteiger partial charge is 0.387 e. The fourth-order valence-electron chi connectivity index (χ4n) is 2.30. The first-order chi connectivity index (χ1) is 11.1. The quantitative estimate of drug-likeness (QED) is 0.766. The molecular weight excluding hydrogens is 320 g/mol. The monoisotopic (exact) mass is 333 g/mol. The highest BCUT2D eigenvalue weighted by atomic mass is 32.1. The van der Waals surface area contributed by atoms with Crippen molar-refractivity contribution in [3.05, 3.63) is 70.6 Å². The Hall–Kier alpha value is -2.31. The van der Waals surface area contributed by atoms with Crippen LogP contribution in [0.1, 0.15) is 22.0 Å². The summed E-state index contributed by atoms with van der Waals surface area (Å²) >= 11 is 1.51. The fourth-order valence-corrected chi connectivity index (χ4v) is 3.30. The molecule has 1 aromatic heterocycles. The van der Waals surface area contributed by atoms with Gasteiger partial charge in [0, 0.05) is 22.4 Å². The minimum absolute atomic E-state index is 0.00581. The molecule has 3 aromatic rings.